The van der Waals surface area contributed by atoms with Crippen molar-refractivity contribution in [2.45, 2.75) is 13.5 Å². The molecule has 2 amide bonds. The van der Waals surface area contributed by atoms with E-state index in [0.29, 0.717) is 18.8 Å². The first-order chi connectivity index (χ1) is 10.9. The highest BCUT2D eigenvalue weighted by molar-refractivity contribution is 5.77. The number of hydrogen-bond acceptors (Lipinski definition) is 4. The number of amides is 2. The zero-order chi connectivity index (χ0) is 17.0. The van der Waals surface area contributed by atoms with Gasteiger partial charge in [-0.3, -0.25) is 14.5 Å². The fourth-order valence-corrected chi connectivity index (χ4v) is 2.85. The molecule has 0 radical (unpaired) electrons. The first kappa shape index (κ1) is 17.3. The smallest absolute Gasteiger partial charge is 0.259 e. The first-order valence-corrected chi connectivity index (χ1v) is 7.81. The van der Waals surface area contributed by atoms with Crippen LogP contribution in [0.25, 0.3) is 0 Å². The van der Waals surface area contributed by atoms with E-state index < -0.39 is 0 Å². The Morgan fingerprint density at radius 2 is 2.00 bits per heavy atom. The third-order valence-corrected chi connectivity index (χ3v) is 4.27. The van der Waals surface area contributed by atoms with Gasteiger partial charge in [0.1, 0.15) is 5.75 Å². The second kappa shape index (κ2) is 7.46. The van der Waals surface area contributed by atoms with Crippen molar-refractivity contribution in [2.75, 3.05) is 33.8 Å². The molecule has 0 aliphatic carbocycles. The Hall–Kier alpha value is -2.08. The van der Waals surface area contributed by atoms with Crippen LogP contribution < -0.4 is 10.5 Å². The van der Waals surface area contributed by atoms with Crippen LogP contribution in [0.5, 0.6) is 5.75 Å². The lowest BCUT2D eigenvalue weighted by molar-refractivity contribution is -0.130. The van der Waals surface area contributed by atoms with Gasteiger partial charge >= 0.3 is 0 Å². The number of primary amides is 1. The molecule has 2 rings (SSSR count). The summed E-state index contributed by atoms with van der Waals surface area (Å²) in [5.41, 5.74) is 6.46. The monoisotopic (exact) mass is 319 g/mol. The van der Waals surface area contributed by atoms with Gasteiger partial charge in [-0.25, -0.2) is 0 Å². The molecule has 1 aromatic carbocycles. The van der Waals surface area contributed by atoms with Crippen LogP contribution in [-0.4, -0.2) is 55.4 Å². The highest BCUT2D eigenvalue weighted by Crippen LogP contribution is 2.27. The summed E-state index contributed by atoms with van der Waals surface area (Å²) in [5.74, 6) is 0.552. The first-order valence-electron chi connectivity index (χ1n) is 7.81. The number of carbonyl (C=O) groups is 2. The molecule has 1 aliphatic heterocycles. The molecule has 1 fully saturated rings. The fraction of sp³-hybridized carbons (Fsp3) is 0.529. The number of likely N-dealkylation sites (tertiary alicyclic amines) is 1. The summed E-state index contributed by atoms with van der Waals surface area (Å²) >= 11 is 0. The van der Waals surface area contributed by atoms with Crippen LogP contribution in [0.1, 0.15) is 12.5 Å². The van der Waals surface area contributed by atoms with Crippen LogP contribution >= 0.6 is 0 Å². The van der Waals surface area contributed by atoms with E-state index >= 15 is 0 Å². The number of benzene rings is 1. The summed E-state index contributed by atoms with van der Waals surface area (Å²) in [6.07, 6.45) is 0. The van der Waals surface area contributed by atoms with Crippen molar-refractivity contribution >= 4 is 11.8 Å². The minimum Gasteiger partial charge on any atom is -0.483 e. The summed E-state index contributed by atoms with van der Waals surface area (Å²) < 4.78 is 5.66. The van der Waals surface area contributed by atoms with E-state index in [2.05, 4.69) is 4.90 Å². The van der Waals surface area contributed by atoms with E-state index in [1.165, 1.54) is 4.90 Å². The molecule has 1 saturated heterocycles. The van der Waals surface area contributed by atoms with Crippen molar-refractivity contribution < 1.29 is 14.3 Å². The van der Waals surface area contributed by atoms with Crippen molar-refractivity contribution in [1.29, 1.82) is 0 Å². The molecule has 1 aliphatic rings. The quantitative estimate of drug-likeness (QED) is 0.838. The van der Waals surface area contributed by atoms with Crippen molar-refractivity contribution in [2.24, 2.45) is 17.6 Å². The Morgan fingerprint density at radius 3 is 2.61 bits per heavy atom. The van der Waals surface area contributed by atoms with E-state index in [9.17, 15) is 9.59 Å². The molecule has 23 heavy (non-hydrogen) atoms. The maximum Gasteiger partial charge on any atom is 0.259 e. The van der Waals surface area contributed by atoms with E-state index in [0.717, 1.165) is 12.1 Å². The van der Waals surface area contributed by atoms with Gasteiger partial charge in [-0.1, -0.05) is 25.1 Å². The summed E-state index contributed by atoms with van der Waals surface area (Å²) in [4.78, 5) is 26.8. The molecule has 1 heterocycles. The molecule has 6 nitrogen and oxygen atoms in total. The van der Waals surface area contributed by atoms with Gasteiger partial charge in [-0.05, 0) is 12.0 Å². The maximum absolute atomic E-state index is 11.7. The number of ether oxygens (including phenoxy) is 1. The Morgan fingerprint density at radius 1 is 1.30 bits per heavy atom. The lowest BCUT2D eigenvalue weighted by Crippen LogP contribution is -2.29. The minimum absolute atomic E-state index is 0.0182. The predicted molar refractivity (Wildman–Crippen MR) is 87.8 cm³/mol. The van der Waals surface area contributed by atoms with Crippen LogP contribution in [0.4, 0.5) is 0 Å². The second-order valence-electron chi connectivity index (χ2n) is 6.36. The largest absolute Gasteiger partial charge is 0.483 e. The molecule has 0 spiro atoms. The Labute approximate surface area is 137 Å². The highest BCUT2D eigenvalue weighted by Gasteiger charge is 2.33. The normalized spacial score (nSPS) is 21.2. The SMILES string of the molecule is C[C@@H]1CN(Cc2ccccc2OCC(=O)N(C)C)C[C@H]1C(N)=O. The third-order valence-electron chi connectivity index (χ3n) is 4.27. The predicted octanol–water partition coefficient (Wildman–Crippen LogP) is 0.707. The summed E-state index contributed by atoms with van der Waals surface area (Å²) in [6, 6.07) is 7.68. The van der Waals surface area contributed by atoms with E-state index in [4.69, 9.17) is 10.5 Å². The Balaban J connectivity index is 2.01. The van der Waals surface area contributed by atoms with Crippen LogP contribution in [-0.2, 0) is 16.1 Å². The Kier molecular flexibility index (Phi) is 5.60. The van der Waals surface area contributed by atoms with E-state index in [-0.39, 0.29) is 30.3 Å². The maximum atomic E-state index is 11.7. The number of nitrogens with two attached hydrogens (primary N) is 1. The topological polar surface area (TPSA) is 75.9 Å². The lowest BCUT2D eigenvalue weighted by atomic mass is 9.98. The Bertz CT molecular complexity index is 574. The number of rotatable bonds is 6. The van der Waals surface area contributed by atoms with Gasteiger partial charge in [0.05, 0.1) is 5.92 Å². The highest BCUT2D eigenvalue weighted by atomic mass is 16.5. The molecule has 126 valence electrons. The van der Waals surface area contributed by atoms with Gasteiger partial charge < -0.3 is 15.4 Å². The van der Waals surface area contributed by atoms with Crippen LogP contribution in [0, 0.1) is 11.8 Å². The van der Waals surface area contributed by atoms with Crippen LogP contribution in [0.3, 0.4) is 0 Å². The van der Waals surface area contributed by atoms with E-state index in [1.807, 2.05) is 31.2 Å². The fourth-order valence-electron chi connectivity index (χ4n) is 2.85. The standard InChI is InChI=1S/C17H25N3O3/c1-12-8-20(10-14(12)17(18)22)9-13-6-4-5-7-15(13)23-11-16(21)19(2)3/h4-7,12,14H,8-11H2,1-3H3,(H2,18,22)/t12-,14-/m1/s1. The van der Waals surface area contributed by atoms with Gasteiger partial charge in [0, 0.05) is 39.3 Å². The van der Waals surface area contributed by atoms with Crippen molar-refractivity contribution in [1.82, 2.24) is 9.80 Å². The summed E-state index contributed by atoms with van der Waals surface area (Å²) in [6.45, 7) is 4.25. The molecule has 0 bridgehead atoms. The molecular formula is C17H25N3O3. The van der Waals surface area contributed by atoms with Crippen molar-refractivity contribution in [3.05, 3.63) is 29.8 Å². The molecular weight excluding hydrogens is 294 g/mol. The zero-order valence-corrected chi connectivity index (χ0v) is 14.0. The van der Waals surface area contributed by atoms with Gasteiger partial charge in [0.15, 0.2) is 6.61 Å². The molecule has 6 heteroatoms. The van der Waals surface area contributed by atoms with Crippen LogP contribution in [0.2, 0.25) is 0 Å². The third kappa shape index (κ3) is 4.45. The van der Waals surface area contributed by atoms with Gasteiger partial charge in [-0.2, -0.15) is 0 Å². The number of nitrogens with zero attached hydrogens (tertiary/aromatic N) is 2. The van der Waals surface area contributed by atoms with Gasteiger partial charge in [0.2, 0.25) is 5.91 Å². The minimum atomic E-state index is -0.235. The number of carbonyl (C=O) groups excluding carboxylic acids is 2. The summed E-state index contributed by atoms with van der Waals surface area (Å²) in [5, 5.41) is 0. The number of likely N-dealkylation sites (N-methyl/N-ethyl adjacent to an activating group) is 1. The number of para-hydroxylation sites is 1. The summed E-state index contributed by atoms with van der Waals surface area (Å²) in [7, 11) is 3.40. The molecule has 2 atom stereocenters. The van der Waals surface area contributed by atoms with Gasteiger partial charge in [-0.15, -0.1) is 0 Å². The van der Waals surface area contributed by atoms with Crippen molar-refractivity contribution in [3.8, 4) is 5.75 Å². The molecule has 2 N–H and O–H groups in total. The lowest BCUT2D eigenvalue weighted by Gasteiger charge is -2.19. The molecule has 0 unspecified atom stereocenters. The molecule has 1 aromatic rings. The molecule has 0 aromatic heterocycles. The van der Waals surface area contributed by atoms with Crippen molar-refractivity contribution in [3.63, 3.8) is 0 Å². The molecule has 0 saturated carbocycles. The zero-order valence-electron chi connectivity index (χ0n) is 14.0. The van der Waals surface area contributed by atoms with E-state index in [1.54, 1.807) is 14.1 Å². The average Bonchev–Trinajstić information content (AvgIpc) is 2.86. The number of hydrogen-bond donors (Lipinski definition) is 1. The average molecular weight is 319 g/mol. The second-order valence-corrected chi connectivity index (χ2v) is 6.36. The van der Waals surface area contributed by atoms with Gasteiger partial charge in [0.25, 0.3) is 5.91 Å². The van der Waals surface area contributed by atoms with Crippen LogP contribution in [0.15, 0.2) is 24.3 Å².